The molecule has 3 aromatic rings. The monoisotopic (exact) mass is 423 g/mol. The number of carbonyl (C=O) groups is 2. The number of amides is 1. The highest BCUT2D eigenvalue weighted by Crippen LogP contribution is 2.40. The number of thiophene rings is 1. The summed E-state index contributed by atoms with van der Waals surface area (Å²) in [6.07, 6.45) is -0.262. The maximum atomic E-state index is 12.7. The van der Waals surface area contributed by atoms with Crippen molar-refractivity contribution in [2.75, 3.05) is 18.5 Å². The highest BCUT2D eigenvalue weighted by Gasteiger charge is 2.31. The Hall–Kier alpha value is -3.32. The molecule has 154 valence electrons. The predicted molar refractivity (Wildman–Crippen MR) is 114 cm³/mol. The van der Waals surface area contributed by atoms with Crippen molar-refractivity contribution < 1.29 is 23.8 Å². The lowest BCUT2D eigenvalue weighted by Gasteiger charge is -2.26. The van der Waals surface area contributed by atoms with Crippen molar-refractivity contribution in [3.05, 3.63) is 76.7 Å². The molecule has 0 aliphatic carbocycles. The van der Waals surface area contributed by atoms with Crippen LogP contribution in [0.4, 0.5) is 5.00 Å². The van der Waals surface area contributed by atoms with Gasteiger partial charge in [-0.1, -0.05) is 42.5 Å². The molecule has 1 aliphatic heterocycles. The molecule has 30 heavy (non-hydrogen) atoms. The third-order valence-electron chi connectivity index (χ3n) is 4.61. The Morgan fingerprint density at radius 1 is 1.10 bits per heavy atom. The first kappa shape index (κ1) is 20.0. The van der Waals surface area contributed by atoms with E-state index >= 15 is 0 Å². The van der Waals surface area contributed by atoms with Crippen LogP contribution in [0.3, 0.4) is 0 Å². The molecule has 0 fully saturated rings. The van der Waals surface area contributed by atoms with Crippen LogP contribution in [0.15, 0.2) is 60.0 Å². The third kappa shape index (κ3) is 4.31. The average molecular weight is 423 g/mol. The van der Waals surface area contributed by atoms with E-state index < -0.39 is 12.1 Å². The number of fused-ring (bicyclic) bond motifs is 1. The zero-order valence-electron chi connectivity index (χ0n) is 16.4. The summed E-state index contributed by atoms with van der Waals surface area (Å²) in [4.78, 5) is 25.3. The maximum absolute atomic E-state index is 12.7. The Bertz CT molecular complexity index is 1050. The first-order valence-electron chi connectivity index (χ1n) is 9.66. The van der Waals surface area contributed by atoms with Gasteiger partial charge in [0.1, 0.15) is 17.2 Å². The summed E-state index contributed by atoms with van der Waals surface area (Å²) < 4.78 is 17.1. The van der Waals surface area contributed by atoms with Crippen molar-refractivity contribution in [3.8, 4) is 11.5 Å². The Labute approximate surface area is 178 Å². The van der Waals surface area contributed by atoms with Crippen LogP contribution in [0, 0.1) is 0 Å². The molecule has 1 amide bonds. The van der Waals surface area contributed by atoms with Gasteiger partial charge in [-0.15, -0.1) is 11.3 Å². The highest BCUT2D eigenvalue weighted by molar-refractivity contribution is 7.15. The summed E-state index contributed by atoms with van der Waals surface area (Å²) in [5, 5.41) is 5.12. The number of carbonyl (C=O) groups excluding carboxylic acids is 2. The van der Waals surface area contributed by atoms with Gasteiger partial charge in [0.05, 0.1) is 13.0 Å². The topological polar surface area (TPSA) is 73.9 Å². The van der Waals surface area contributed by atoms with Crippen LogP contribution in [-0.4, -0.2) is 25.1 Å². The SMILES string of the molecule is CCOC(=O)c1c([C@@H]2COc3ccccc3O2)csc1NC(=O)Cc1ccccc1. The predicted octanol–water partition coefficient (Wildman–Crippen LogP) is 4.62. The number of nitrogens with one attached hydrogen (secondary N) is 1. The number of hydrogen-bond acceptors (Lipinski definition) is 6. The van der Waals surface area contributed by atoms with Gasteiger partial charge in [-0.3, -0.25) is 4.79 Å². The molecule has 6 nitrogen and oxygen atoms in total. The van der Waals surface area contributed by atoms with Gasteiger partial charge in [-0.05, 0) is 24.6 Å². The van der Waals surface area contributed by atoms with Gasteiger partial charge >= 0.3 is 5.97 Å². The molecule has 0 radical (unpaired) electrons. The molecule has 4 rings (SSSR count). The van der Waals surface area contributed by atoms with Crippen molar-refractivity contribution >= 4 is 28.2 Å². The van der Waals surface area contributed by atoms with Crippen molar-refractivity contribution in [2.24, 2.45) is 0 Å². The van der Waals surface area contributed by atoms with Crippen LogP contribution >= 0.6 is 11.3 Å². The molecule has 0 saturated carbocycles. The molecular formula is C23H21NO5S. The molecule has 1 aliphatic rings. The van der Waals surface area contributed by atoms with E-state index in [9.17, 15) is 9.59 Å². The summed E-state index contributed by atoms with van der Waals surface area (Å²) in [5.41, 5.74) is 1.85. The standard InChI is InChI=1S/C23H21NO5S/c1-2-27-23(26)21-16(19-13-28-17-10-6-7-11-18(17)29-19)14-30-22(21)24-20(25)12-15-8-4-3-5-9-15/h3-11,14,19H,2,12-13H2,1H3,(H,24,25)/t19-/m0/s1. The Morgan fingerprint density at radius 2 is 1.83 bits per heavy atom. The number of para-hydroxylation sites is 2. The van der Waals surface area contributed by atoms with Crippen LogP contribution < -0.4 is 14.8 Å². The zero-order valence-corrected chi connectivity index (χ0v) is 17.2. The van der Waals surface area contributed by atoms with Gasteiger partial charge in [0.25, 0.3) is 0 Å². The van der Waals surface area contributed by atoms with Gasteiger partial charge in [0, 0.05) is 10.9 Å². The zero-order chi connectivity index (χ0) is 20.9. The maximum Gasteiger partial charge on any atom is 0.341 e. The lowest BCUT2D eigenvalue weighted by Crippen LogP contribution is -2.24. The summed E-state index contributed by atoms with van der Waals surface area (Å²) in [6.45, 7) is 2.24. The first-order valence-corrected chi connectivity index (χ1v) is 10.5. The number of benzene rings is 2. The molecular weight excluding hydrogens is 402 g/mol. The van der Waals surface area contributed by atoms with E-state index in [0.717, 1.165) is 5.56 Å². The number of rotatable bonds is 6. The van der Waals surface area contributed by atoms with E-state index in [1.165, 1.54) is 11.3 Å². The van der Waals surface area contributed by atoms with E-state index in [-0.39, 0.29) is 25.5 Å². The molecule has 1 aromatic heterocycles. The molecule has 1 N–H and O–H groups in total. The first-order chi connectivity index (χ1) is 14.7. The minimum Gasteiger partial charge on any atom is -0.485 e. The Kier molecular flexibility index (Phi) is 5.99. The normalized spacial score (nSPS) is 14.8. The summed E-state index contributed by atoms with van der Waals surface area (Å²) in [5.74, 6) is 0.583. The summed E-state index contributed by atoms with van der Waals surface area (Å²) >= 11 is 1.28. The van der Waals surface area contributed by atoms with Gasteiger partial charge in [-0.25, -0.2) is 4.79 Å². The van der Waals surface area contributed by atoms with Crippen molar-refractivity contribution in [1.29, 1.82) is 0 Å². The molecule has 0 saturated heterocycles. The second-order valence-electron chi connectivity index (χ2n) is 6.69. The number of esters is 1. The summed E-state index contributed by atoms with van der Waals surface area (Å²) in [7, 11) is 0. The lowest BCUT2D eigenvalue weighted by atomic mass is 10.1. The van der Waals surface area contributed by atoms with Gasteiger partial charge in [0.2, 0.25) is 5.91 Å². The van der Waals surface area contributed by atoms with Gasteiger partial charge < -0.3 is 19.5 Å². The number of anilines is 1. The van der Waals surface area contributed by atoms with E-state index in [1.54, 1.807) is 6.92 Å². The molecule has 2 heterocycles. The van der Waals surface area contributed by atoms with Crippen LogP contribution in [0.25, 0.3) is 0 Å². The van der Waals surface area contributed by atoms with E-state index in [0.29, 0.717) is 27.6 Å². The third-order valence-corrected chi connectivity index (χ3v) is 5.53. The van der Waals surface area contributed by atoms with Crippen LogP contribution in [-0.2, 0) is 16.0 Å². The molecule has 7 heteroatoms. The average Bonchev–Trinajstić information content (AvgIpc) is 3.17. The largest absolute Gasteiger partial charge is 0.485 e. The molecule has 1 atom stereocenters. The van der Waals surface area contributed by atoms with E-state index in [2.05, 4.69) is 5.32 Å². The smallest absolute Gasteiger partial charge is 0.341 e. The van der Waals surface area contributed by atoms with Crippen molar-refractivity contribution in [2.45, 2.75) is 19.4 Å². The minimum absolute atomic E-state index is 0.202. The fraction of sp³-hybridized carbons (Fsp3) is 0.217. The summed E-state index contributed by atoms with van der Waals surface area (Å²) in [6, 6.07) is 16.8. The molecule has 0 spiro atoms. The molecule has 0 unspecified atom stereocenters. The number of hydrogen-bond donors (Lipinski definition) is 1. The van der Waals surface area contributed by atoms with Crippen LogP contribution in [0.1, 0.15) is 34.5 Å². The van der Waals surface area contributed by atoms with Crippen molar-refractivity contribution in [3.63, 3.8) is 0 Å². The second-order valence-corrected chi connectivity index (χ2v) is 7.57. The van der Waals surface area contributed by atoms with Crippen molar-refractivity contribution in [1.82, 2.24) is 0 Å². The minimum atomic E-state index is -0.494. The highest BCUT2D eigenvalue weighted by atomic mass is 32.1. The quantitative estimate of drug-likeness (QED) is 0.586. The van der Waals surface area contributed by atoms with E-state index in [4.69, 9.17) is 14.2 Å². The Balaban J connectivity index is 1.58. The van der Waals surface area contributed by atoms with Gasteiger partial charge in [-0.2, -0.15) is 0 Å². The van der Waals surface area contributed by atoms with E-state index in [1.807, 2.05) is 60.0 Å². The Morgan fingerprint density at radius 3 is 2.60 bits per heavy atom. The fourth-order valence-electron chi connectivity index (χ4n) is 3.24. The lowest BCUT2D eigenvalue weighted by molar-refractivity contribution is -0.115. The molecule has 0 bridgehead atoms. The number of ether oxygens (including phenoxy) is 3. The fourth-order valence-corrected chi connectivity index (χ4v) is 4.25. The van der Waals surface area contributed by atoms with Gasteiger partial charge in [0.15, 0.2) is 17.6 Å². The van der Waals surface area contributed by atoms with Crippen LogP contribution in [0.2, 0.25) is 0 Å². The second kappa shape index (κ2) is 9.00. The molecule has 2 aromatic carbocycles. The van der Waals surface area contributed by atoms with Crippen LogP contribution in [0.5, 0.6) is 11.5 Å².